The Kier molecular flexibility index (Phi) is 3.12. The fraction of sp³-hybridized carbons (Fsp3) is 0.500. The zero-order chi connectivity index (χ0) is 6.57. The van der Waals surface area contributed by atoms with Crippen molar-refractivity contribution in [2.75, 3.05) is 6.54 Å². The molecule has 0 fully saturated rings. The van der Waals surface area contributed by atoms with Crippen molar-refractivity contribution in [3.63, 3.8) is 0 Å². The second-order valence-electron chi connectivity index (χ2n) is 1.73. The quantitative estimate of drug-likeness (QED) is 0.530. The summed E-state index contributed by atoms with van der Waals surface area (Å²) < 4.78 is 0. The molecule has 0 spiro atoms. The molecular formula is C6H12N2. The second-order valence-corrected chi connectivity index (χ2v) is 1.73. The van der Waals surface area contributed by atoms with Gasteiger partial charge in [-0.25, -0.2) is 0 Å². The van der Waals surface area contributed by atoms with E-state index in [1.165, 1.54) is 0 Å². The van der Waals surface area contributed by atoms with Crippen LogP contribution in [0.25, 0.3) is 0 Å². The van der Waals surface area contributed by atoms with E-state index in [2.05, 4.69) is 11.7 Å². The summed E-state index contributed by atoms with van der Waals surface area (Å²) in [5.74, 6) is 0. The van der Waals surface area contributed by atoms with Crippen LogP contribution in [0.5, 0.6) is 0 Å². The first-order valence-electron chi connectivity index (χ1n) is 2.55. The summed E-state index contributed by atoms with van der Waals surface area (Å²) in [7, 11) is 0. The van der Waals surface area contributed by atoms with Crippen LogP contribution in [0.4, 0.5) is 0 Å². The zero-order valence-corrected chi connectivity index (χ0v) is 5.44. The molecule has 0 aliphatic rings. The molecule has 2 N–H and O–H groups in total. The van der Waals surface area contributed by atoms with Crippen LogP contribution in [0.15, 0.2) is 16.3 Å². The summed E-state index contributed by atoms with van der Waals surface area (Å²) >= 11 is 0. The van der Waals surface area contributed by atoms with E-state index >= 15 is 0 Å². The molecular weight excluding hydrogens is 100 g/mol. The first-order chi connectivity index (χ1) is 3.72. The van der Waals surface area contributed by atoms with Crippen LogP contribution >= 0.6 is 0 Å². The van der Waals surface area contributed by atoms with E-state index in [9.17, 15) is 0 Å². The topological polar surface area (TPSA) is 38.4 Å². The predicted octanol–water partition coefficient (Wildman–Crippen LogP) is 0.940. The third kappa shape index (κ3) is 1.89. The third-order valence-corrected chi connectivity index (χ3v) is 1.16. The average Bonchev–Trinajstić information content (AvgIpc) is 1.84. The second kappa shape index (κ2) is 3.38. The van der Waals surface area contributed by atoms with Gasteiger partial charge in [0.25, 0.3) is 0 Å². The van der Waals surface area contributed by atoms with Gasteiger partial charge in [-0.15, -0.1) is 0 Å². The number of nitrogens with zero attached hydrogens (tertiary/aromatic N) is 1. The lowest BCUT2D eigenvalue weighted by Gasteiger charge is -1.95. The summed E-state index contributed by atoms with van der Waals surface area (Å²) in [4.78, 5) is 3.71. The Morgan fingerprint density at radius 3 is 2.25 bits per heavy atom. The molecule has 0 aliphatic heterocycles. The molecule has 0 aromatic heterocycles. The van der Waals surface area contributed by atoms with Crippen LogP contribution in [0.1, 0.15) is 13.8 Å². The molecule has 0 aromatic carbocycles. The molecule has 0 rings (SSSR count). The fourth-order valence-corrected chi connectivity index (χ4v) is 0.283. The van der Waals surface area contributed by atoms with Crippen molar-refractivity contribution in [3.05, 3.63) is 11.3 Å². The van der Waals surface area contributed by atoms with E-state index in [0.717, 1.165) is 11.3 Å². The summed E-state index contributed by atoms with van der Waals surface area (Å²) in [6.07, 6.45) is 0. The van der Waals surface area contributed by atoms with Gasteiger partial charge in [0, 0.05) is 12.2 Å². The van der Waals surface area contributed by atoms with Gasteiger partial charge in [-0.2, -0.15) is 0 Å². The maximum absolute atomic E-state index is 5.30. The predicted molar refractivity (Wildman–Crippen MR) is 37.0 cm³/mol. The van der Waals surface area contributed by atoms with Gasteiger partial charge in [0.05, 0.1) is 0 Å². The normalized spacial score (nSPS) is 12.9. The van der Waals surface area contributed by atoms with Gasteiger partial charge in [0.1, 0.15) is 0 Å². The molecule has 0 unspecified atom stereocenters. The molecule has 0 heterocycles. The van der Waals surface area contributed by atoms with Crippen LogP contribution < -0.4 is 5.73 Å². The fourth-order valence-electron chi connectivity index (χ4n) is 0.283. The first-order valence-corrected chi connectivity index (χ1v) is 2.55. The largest absolute Gasteiger partial charge is 0.327 e. The van der Waals surface area contributed by atoms with Gasteiger partial charge in [0.2, 0.25) is 0 Å². The van der Waals surface area contributed by atoms with Gasteiger partial charge in [-0.1, -0.05) is 0 Å². The molecule has 8 heavy (non-hydrogen) atoms. The minimum absolute atomic E-state index is 0.574. The Labute approximate surface area is 50.1 Å². The van der Waals surface area contributed by atoms with Gasteiger partial charge in [-0.05, 0) is 26.1 Å². The Morgan fingerprint density at radius 2 is 2.12 bits per heavy atom. The monoisotopic (exact) mass is 112 g/mol. The lowest BCUT2D eigenvalue weighted by molar-refractivity contribution is 1.08. The minimum atomic E-state index is 0.574. The minimum Gasteiger partial charge on any atom is -0.327 e. The number of hydrogen-bond acceptors (Lipinski definition) is 2. The molecule has 0 saturated carbocycles. The Hall–Kier alpha value is -0.630. The van der Waals surface area contributed by atoms with E-state index < -0.39 is 0 Å². The highest BCUT2D eigenvalue weighted by atomic mass is 14.7. The number of allylic oxidation sites excluding steroid dienone is 1. The van der Waals surface area contributed by atoms with Crippen molar-refractivity contribution in [1.82, 2.24) is 0 Å². The van der Waals surface area contributed by atoms with E-state index in [1.807, 2.05) is 13.8 Å². The van der Waals surface area contributed by atoms with E-state index in [1.54, 1.807) is 0 Å². The van der Waals surface area contributed by atoms with Crippen molar-refractivity contribution in [2.45, 2.75) is 13.8 Å². The average molecular weight is 112 g/mol. The molecule has 0 atom stereocenters. The maximum Gasteiger partial charge on any atom is 0.0367 e. The lowest BCUT2D eigenvalue weighted by Crippen LogP contribution is -2.00. The molecule has 0 saturated heterocycles. The highest BCUT2D eigenvalue weighted by Crippen LogP contribution is 1.99. The molecule has 0 bridgehead atoms. The van der Waals surface area contributed by atoms with Crippen molar-refractivity contribution >= 4 is 6.72 Å². The van der Waals surface area contributed by atoms with E-state index in [0.29, 0.717) is 6.54 Å². The molecule has 0 aromatic rings. The number of nitrogens with two attached hydrogens (primary N) is 1. The van der Waals surface area contributed by atoms with Crippen molar-refractivity contribution in [2.24, 2.45) is 10.7 Å². The highest BCUT2D eigenvalue weighted by molar-refractivity contribution is 5.29. The molecule has 2 nitrogen and oxygen atoms in total. The number of aliphatic imine (C=N–C) groups is 1. The molecule has 0 radical (unpaired) electrons. The van der Waals surface area contributed by atoms with Crippen molar-refractivity contribution in [3.8, 4) is 0 Å². The third-order valence-electron chi connectivity index (χ3n) is 1.16. The Balaban J connectivity index is 4.03. The summed E-state index contributed by atoms with van der Waals surface area (Å²) in [6, 6.07) is 0. The van der Waals surface area contributed by atoms with Crippen LogP contribution in [0.3, 0.4) is 0 Å². The number of rotatable bonds is 2. The van der Waals surface area contributed by atoms with Crippen molar-refractivity contribution < 1.29 is 0 Å². The van der Waals surface area contributed by atoms with Crippen LogP contribution in [0, 0.1) is 0 Å². The Bertz CT molecular complexity index is 114. The zero-order valence-electron chi connectivity index (χ0n) is 5.44. The standard InChI is InChI=1S/C6H12N2/c1-5(4-7)6(2)8-3/h3-4,7H2,1-2H3/b6-5+. The smallest absolute Gasteiger partial charge is 0.0367 e. The molecule has 46 valence electrons. The summed E-state index contributed by atoms with van der Waals surface area (Å²) in [5, 5.41) is 0. The van der Waals surface area contributed by atoms with Crippen LogP contribution in [-0.4, -0.2) is 13.3 Å². The molecule has 2 heteroatoms. The summed E-state index contributed by atoms with van der Waals surface area (Å²) in [5.41, 5.74) is 7.34. The van der Waals surface area contributed by atoms with Gasteiger partial charge in [0.15, 0.2) is 0 Å². The number of hydrogen-bond donors (Lipinski definition) is 1. The highest BCUT2D eigenvalue weighted by Gasteiger charge is 1.87. The summed E-state index contributed by atoms with van der Waals surface area (Å²) in [6.45, 7) is 7.79. The van der Waals surface area contributed by atoms with E-state index in [4.69, 9.17) is 5.73 Å². The van der Waals surface area contributed by atoms with Crippen LogP contribution in [0.2, 0.25) is 0 Å². The van der Waals surface area contributed by atoms with Gasteiger partial charge in [-0.3, -0.25) is 4.99 Å². The Morgan fingerprint density at radius 1 is 1.62 bits per heavy atom. The van der Waals surface area contributed by atoms with E-state index in [-0.39, 0.29) is 0 Å². The molecule has 0 amide bonds. The lowest BCUT2D eigenvalue weighted by atomic mass is 10.2. The first kappa shape index (κ1) is 7.37. The van der Waals surface area contributed by atoms with Gasteiger partial charge >= 0.3 is 0 Å². The SMILES string of the molecule is C=N/C(C)=C(\C)CN. The van der Waals surface area contributed by atoms with Crippen LogP contribution in [-0.2, 0) is 0 Å². The van der Waals surface area contributed by atoms with Crippen molar-refractivity contribution in [1.29, 1.82) is 0 Å². The van der Waals surface area contributed by atoms with Gasteiger partial charge < -0.3 is 5.73 Å². The molecule has 0 aliphatic carbocycles. The maximum atomic E-state index is 5.30.